The average molecular weight is 338 g/mol. The van der Waals surface area contributed by atoms with Crippen LogP contribution >= 0.6 is 0 Å². The van der Waals surface area contributed by atoms with E-state index < -0.39 is 10.0 Å². The molecule has 23 heavy (non-hydrogen) atoms. The fourth-order valence-corrected chi connectivity index (χ4v) is 5.15. The normalized spacial score (nSPS) is 25.3. The molecule has 2 heterocycles. The largest absolute Gasteiger partial charge is 0.494 e. The van der Waals surface area contributed by atoms with Crippen LogP contribution in [0.5, 0.6) is 5.75 Å². The van der Waals surface area contributed by atoms with Crippen molar-refractivity contribution in [2.75, 3.05) is 19.7 Å². The van der Waals surface area contributed by atoms with E-state index in [4.69, 9.17) is 4.74 Å². The van der Waals surface area contributed by atoms with Crippen LogP contribution in [0.1, 0.15) is 38.2 Å². The number of nitrogens with zero attached hydrogens (tertiary/aromatic N) is 1. The predicted octanol–water partition coefficient (Wildman–Crippen LogP) is 2.30. The summed E-state index contributed by atoms with van der Waals surface area (Å²) in [5.74, 6) is 0.741. The SMILES string of the molecule is CCOc1ccc(S(=O)(=O)N[C@H]2CCN3CCCC[C@@H]23)cc1C. The van der Waals surface area contributed by atoms with Crippen LogP contribution in [0.3, 0.4) is 0 Å². The Bertz CT molecular complexity index is 660. The van der Waals surface area contributed by atoms with Crippen molar-refractivity contribution in [1.29, 1.82) is 0 Å². The summed E-state index contributed by atoms with van der Waals surface area (Å²) in [4.78, 5) is 2.76. The van der Waals surface area contributed by atoms with Crippen molar-refractivity contribution in [1.82, 2.24) is 9.62 Å². The van der Waals surface area contributed by atoms with Gasteiger partial charge in [-0.1, -0.05) is 6.42 Å². The van der Waals surface area contributed by atoms with Crippen LogP contribution in [0, 0.1) is 6.92 Å². The molecule has 3 rings (SSSR count). The number of rotatable bonds is 5. The molecular formula is C17H26N2O3S. The molecule has 0 amide bonds. The van der Waals surface area contributed by atoms with E-state index in [-0.39, 0.29) is 6.04 Å². The first-order valence-electron chi connectivity index (χ1n) is 8.51. The number of ether oxygens (including phenoxy) is 1. The van der Waals surface area contributed by atoms with E-state index in [0.29, 0.717) is 17.5 Å². The highest BCUT2D eigenvalue weighted by Gasteiger charge is 2.37. The first-order chi connectivity index (χ1) is 11.0. The van der Waals surface area contributed by atoms with Gasteiger partial charge in [0.1, 0.15) is 5.75 Å². The monoisotopic (exact) mass is 338 g/mol. The lowest BCUT2D eigenvalue weighted by Gasteiger charge is -2.32. The second kappa shape index (κ2) is 6.79. The molecule has 2 fully saturated rings. The molecule has 2 aliphatic heterocycles. The molecule has 0 bridgehead atoms. The quantitative estimate of drug-likeness (QED) is 0.895. The number of hydrogen-bond donors (Lipinski definition) is 1. The number of nitrogens with one attached hydrogen (secondary N) is 1. The Morgan fingerprint density at radius 1 is 1.26 bits per heavy atom. The van der Waals surface area contributed by atoms with Gasteiger partial charge in [-0.2, -0.15) is 0 Å². The van der Waals surface area contributed by atoms with Gasteiger partial charge in [-0.25, -0.2) is 13.1 Å². The highest BCUT2D eigenvalue weighted by atomic mass is 32.2. The molecule has 1 N–H and O–H groups in total. The number of piperidine rings is 1. The zero-order chi connectivity index (χ0) is 16.4. The lowest BCUT2D eigenvalue weighted by Crippen LogP contribution is -2.46. The van der Waals surface area contributed by atoms with Gasteiger partial charge in [0, 0.05) is 18.6 Å². The molecule has 128 valence electrons. The van der Waals surface area contributed by atoms with Gasteiger partial charge in [0.25, 0.3) is 0 Å². The van der Waals surface area contributed by atoms with Crippen LogP contribution in [0.2, 0.25) is 0 Å². The molecule has 6 heteroatoms. The first kappa shape index (κ1) is 16.7. The molecular weight excluding hydrogens is 312 g/mol. The van der Waals surface area contributed by atoms with Crippen molar-refractivity contribution in [2.45, 2.75) is 56.5 Å². The molecule has 1 aromatic rings. The molecule has 0 unspecified atom stereocenters. The van der Waals surface area contributed by atoms with Crippen LogP contribution < -0.4 is 9.46 Å². The second-order valence-corrected chi connectivity index (χ2v) is 8.19. The standard InChI is InChI=1S/C17H26N2O3S/c1-3-22-17-8-7-14(12-13(17)2)23(20,21)18-15-9-11-19-10-5-4-6-16(15)19/h7-8,12,15-16,18H,3-6,9-11H2,1-2H3/t15-,16-/m0/s1. The zero-order valence-electron chi connectivity index (χ0n) is 13.9. The zero-order valence-corrected chi connectivity index (χ0v) is 14.7. The lowest BCUT2D eigenvalue weighted by molar-refractivity contribution is 0.186. The lowest BCUT2D eigenvalue weighted by atomic mass is 10.00. The smallest absolute Gasteiger partial charge is 0.240 e. The van der Waals surface area contributed by atoms with Crippen LogP contribution in [0.4, 0.5) is 0 Å². The minimum absolute atomic E-state index is 0.0344. The summed E-state index contributed by atoms with van der Waals surface area (Å²) in [7, 11) is -3.48. The maximum Gasteiger partial charge on any atom is 0.240 e. The van der Waals surface area contributed by atoms with Gasteiger partial charge in [0.2, 0.25) is 10.0 Å². The summed E-state index contributed by atoms with van der Waals surface area (Å²) in [5, 5.41) is 0. The number of fused-ring (bicyclic) bond motifs is 1. The molecule has 0 radical (unpaired) electrons. The molecule has 0 aromatic heterocycles. The number of sulfonamides is 1. The van der Waals surface area contributed by atoms with Gasteiger partial charge in [0.15, 0.2) is 0 Å². The summed E-state index contributed by atoms with van der Waals surface area (Å²) in [6.07, 6.45) is 4.42. The topological polar surface area (TPSA) is 58.6 Å². The Balaban J connectivity index is 1.75. The van der Waals surface area contributed by atoms with Gasteiger partial charge >= 0.3 is 0 Å². The third kappa shape index (κ3) is 3.54. The molecule has 0 saturated carbocycles. The summed E-state index contributed by atoms with van der Waals surface area (Å²) >= 11 is 0. The summed E-state index contributed by atoms with van der Waals surface area (Å²) < 4.78 is 33.9. The summed E-state index contributed by atoms with van der Waals surface area (Å²) in [6.45, 7) is 6.47. The molecule has 0 aliphatic carbocycles. The fourth-order valence-electron chi connectivity index (χ4n) is 3.76. The number of benzene rings is 1. The molecule has 2 aliphatic rings. The van der Waals surface area contributed by atoms with E-state index in [0.717, 1.165) is 37.2 Å². The van der Waals surface area contributed by atoms with Gasteiger partial charge in [-0.05, 0) is 63.4 Å². The maximum atomic E-state index is 12.7. The van der Waals surface area contributed by atoms with Crippen molar-refractivity contribution in [3.63, 3.8) is 0 Å². The van der Waals surface area contributed by atoms with E-state index in [1.54, 1.807) is 18.2 Å². The highest BCUT2D eigenvalue weighted by molar-refractivity contribution is 7.89. The van der Waals surface area contributed by atoms with Crippen molar-refractivity contribution in [3.8, 4) is 5.75 Å². The minimum atomic E-state index is -3.48. The van der Waals surface area contributed by atoms with E-state index in [1.807, 2.05) is 13.8 Å². The van der Waals surface area contributed by atoms with E-state index in [1.165, 1.54) is 12.8 Å². The van der Waals surface area contributed by atoms with Crippen LogP contribution in [0.25, 0.3) is 0 Å². The molecule has 5 nitrogen and oxygen atoms in total. The van der Waals surface area contributed by atoms with Gasteiger partial charge in [-0.15, -0.1) is 0 Å². The number of hydrogen-bond acceptors (Lipinski definition) is 4. The fraction of sp³-hybridized carbons (Fsp3) is 0.647. The molecule has 2 saturated heterocycles. The van der Waals surface area contributed by atoms with E-state index in [2.05, 4.69) is 9.62 Å². The molecule has 0 spiro atoms. The maximum absolute atomic E-state index is 12.7. The Labute approximate surface area is 139 Å². The van der Waals surface area contributed by atoms with Crippen molar-refractivity contribution in [3.05, 3.63) is 23.8 Å². The Hall–Kier alpha value is -1.11. The summed E-state index contributed by atoms with van der Waals surface area (Å²) in [6, 6.07) is 5.47. The van der Waals surface area contributed by atoms with E-state index in [9.17, 15) is 8.42 Å². The Kier molecular flexibility index (Phi) is 4.94. The number of aryl methyl sites for hydroxylation is 1. The second-order valence-electron chi connectivity index (χ2n) is 6.48. The van der Waals surface area contributed by atoms with Crippen LogP contribution in [-0.2, 0) is 10.0 Å². The van der Waals surface area contributed by atoms with Crippen molar-refractivity contribution in [2.24, 2.45) is 0 Å². The van der Waals surface area contributed by atoms with Gasteiger partial charge in [0.05, 0.1) is 11.5 Å². The molecule has 2 atom stereocenters. The minimum Gasteiger partial charge on any atom is -0.494 e. The predicted molar refractivity (Wildman–Crippen MR) is 90.3 cm³/mol. The van der Waals surface area contributed by atoms with E-state index >= 15 is 0 Å². The van der Waals surface area contributed by atoms with Gasteiger partial charge < -0.3 is 4.74 Å². The third-order valence-electron chi connectivity index (χ3n) is 4.92. The van der Waals surface area contributed by atoms with Crippen molar-refractivity contribution >= 4 is 10.0 Å². The highest BCUT2D eigenvalue weighted by Crippen LogP contribution is 2.29. The first-order valence-corrected chi connectivity index (χ1v) is 9.99. The van der Waals surface area contributed by atoms with Crippen LogP contribution in [0.15, 0.2) is 23.1 Å². The van der Waals surface area contributed by atoms with Gasteiger partial charge in [-0.3, -0.25) is 4.90 Å². The van der Waals surface area contributed by atoms with Crippen LogP contribution in [-0.4, -0.2) is 45.1 Å². The summed E-state index contributed by atoms with van der Waals surface area (Å²) in [5.41, 5.74) is 0.848. The average Bonchev–Trinajstić information content (AvgIpc) is 2.92. The molecule has 1 aromatic carbocycles. The Morgan fingerprint density at radius 2 is 2.09 bits per heavy atom. The Morgan fingerprint density at radius 3 is 2.83 bits per heavy atom. The third-order valence-corrected chi connectivity index (χ3v) is 6.41. The van der Waals surface area contributed by atoms with Crippen molar-refractivity contribution < 1.29 is 13.2 Å².